The number of unbranched alkanes of at least 4 members (excludes halogenated alkanes) is 1. The molecule has 7 heteroatoms. The Morgan fingerprint density at radius 2 is 2.04 bits per heavy atom. The third kappa shape index (κ3) is 5.22. The van der Waals surface area contributed by atoms with Gasteiger partial charge in [-0.3, -0.25) is 4.79 Å². The molecule has 3 rings (SSSR count). The summed E-state index contributed by atoms with van der Waals surface area (Å²) in [6, 6.07) is 7.80. The lowest BCUT2D eigenvalue weighted by Gasteiger charge is -2.28. The molecule has 1 aliphatic rings. The van der Waals surface area contributed by atoms with Crippen molar-refractivity contribution in [2.75, 3.05) is 18.1 Å². The first-order valence-corrected chi connectivity index (χ1v) is 11.7. The summed E-state index contributed by atoms with van der Waals surface area (Å²) in [5.74, 6) is 1.45. The Morgan fingerprint density at radius 1 is 1.29 bits per heavy atom. The van der Waals surface area contributed by atoms with Gasteiger partial charge in [0.25, 0.3) is 0 Å². The number of sulfone groups is 1. The molecule has 1 atom stereocenters. The van der Waals surface area contributed by atoms with Gasteiger partial charge < -0.3 is 9.32 Å². The second kappa shape index (κ2) is 8.90. The van der Waals surface area contributed by atoms with E-state index in [0.29, 0.717) is 31.0 Å². The van der Waals surface area contributed by atoms with Gasteiger partial charge in [-0.25, -0.2) is 13.4 Å². The van der Waals surface area contributed by atoms with Crippen molar-refractivity contribution < 1.29 is 17.6 Å². The lowest BCUT2D eigenvalue weighted by atomic mass is 10.1. The van der Waals surface area contributed by atoms with E-state index in [-0.39, 0.29) is 29.9 Å². The van der Waals surface area contributed by atoms with Crippen LogP contribution < -0.4 is 0 Å². The number of carbonyl (C=O) groups is 1. The summed E-state index contributed by atoms with van der Waals surface area (Å²) in [4.78, 5) is 18.9. The summed E-state index contributed by atoms with van der Waals surface area (Å²) in [5.41, 5.74) is 2.13. The first kappa shape index (κ1) is 20.6. The zero-order valence-electron chi connectivity index (χ0n) is 16.6. The van der Waals surface area contributed by atoms with E-state index in [1.54, 1.807) is 11.1 Å². The summed E-state index contributed by atoms with van der Waals surface area (Å²) in [7, 11) is -3.02. The Hall–Kier alpha value is -2.15. The highest BCUT2D eigenvalue weighted by molar-refractivity contribution is 7.91. The van der Waals surface area contributed by atoms with Crippen LogP contribution in [0, 0.1) is 6.92 Å². The Balaban J connectivity index is 1.62. The predicted octanol–water partition coefficient (Wildman–Crippen LogP) is 3.40. The van der Waals surface area contributed by atoms with E-state index < -0.39 is 9.84 Å². The molecule has 0 saturated carbocycles. The van der Waals surface area contributed by atoms with Crippen LogP contribution in [0.15, 0.2) is 34.9 Å². The van der Waals surface area contributed by atoms with Gasteiger partial charge in [0.1, 0.15) is 0 Å². The molecule has 28 heavy (non-hydrogen) atoms. The van der Waals surface area contributed by atoms with Gasteiger partial charge in [0.05, 0.1) is 17.7 Å². The highest BCUT2D eigenvalue weighted by Gasteiger charge is 2.34. The van der Waals surface area contributed by atoms with E-state index in [2.05, 4.69) is 11.9 Å². The summed E-state index contributed by atoms with van der Waals surface area (Å²) in [6.07, 6.45) is 4.74. The summed E-state index contributed by atoms with van der Waals surface area (Å²) in [6.45, 7) is 4.70. The zero-order valence-corrected chi connectivity index (χ0v) is 17.4. The van der Waals surface area contributed by atoms with Crippen molar-refractivity contribution in [2.45, 2.75) is 52.0 Å². The second-order valence-corrected chi connectivity index (χ2v) is 9.71. The highest BCUT2D eigenvalue weighted by atomic mass is 32.2. The lowest BCUT2D eigenvalue weighted by molar-refractivity contribution is -0.133. The van der Waals surface area contributed by atoms with E-state index >= 15 is 0 Å². The van der Waals surface area contributed by atoms with Crippen molar-refractivity contribution in [1.82, 2.24) is 9.88 Å². The normalized spacial score (nSPS) is 18.3. The van der Waals surface area contributed by atoms with E-state index in [1.807, 2.05) is 31.2 Å². The minimum atomic E-state index is -3.02. The van der Waals surface area contributed by atoms with Crippen molar-refractivity contribution in [1.29, 1.82) is 0 Å². The molecule has 1 aliphatic heterocycles. The Labute approximate surface area is 166 Å². The van der Waals surface area contributed by atoms with Crippen molar-refractivity contribution >= 4 is 15.7 Å². The van der Waals surface area contributed by atoms with E-state index in [4.69, 9.17) is 4.42 Å². The second-order valence-electron chi connectivity index (χ2n) is 7.48. The minimum absolute atomic E-state index is 0.0226. The van der Waals surface area contributed by atoms with Gasteiger partial charge in [-0.1, -0.05) is 43.2 Å². The van der Waals surface area contributed by atoms with E-state index in [0.717, 1.165) is 18.4 Å². The van der Waals surface area contributed by atoms with Crippen LogP contribution in [0.25, 0.3) is 11.3 Å². The van der Waals surface area contributed by atoms with Crippen LogP contribution in [0.1, 0.15) is 44.1 Å². The molecule has 0 aliphatic carbocycles. The molecule has 1 amide bonds. The average Bonchev–Trinajstić information content (AvgIpc) is 3.27. The Morgan fingerprint density at radius 3 is 2.68 bits per heavy atom. The maximum atomic E-state index is 12.8. The number of benzene rings is 1. The molecule has 1 saturated heterocycles. The smallest absolute Gasteiger partial charge is 0.223 e. The van der Waals surface area contributed by atoms with E-state index in [9.17, 15) is 13.2 Å². The van der Waals surface area contributed by atoms with Crippen molar-refractivity contribution in [3.05, 3.63) is 41.9 Å². The van der Waals surface area contributed by atoms with Crippen LogP contribution >= 0.6 is 0 Å². The topological polar surface area (TPSA) is 80.5 Å². The number of carbonyl (C=O) groups excluding carboxylic acids is 1. The molecule has 1 unspecified atom stereocenters. The molecule has 6 nitrogen and oxygen atoms in total. The largest absolute Gasteiger partial charge is 0.441 e. The lowest BCUT2D eigenvalue weighted by Crippen LogP contribution is -2.41. The number of amides is 1. The van der Waals surface area contributed by atoms with Crippen LogP contribution in [0.5, 0.6) is 0 Å². The first-order valence-electron chi connectivity index (χ1n) is 9.89. The fourth-order valence-electron chi connectivity index (χ4n) is 3.50. The van der Waals surface area contributed by atoms with Gasteiger partial charge in [0.15, 0.2) is 21.5 Å². The van der Waals surface area contributed by atoms with Crippen molar-refractivity contribution in [3.63, 3.8) is 0 Å². The summed E-state index contributed by atoms with van der Waals surface area (Å²) < 4.78 is 29.4. The Bertz CT molecular complexity index is 903. The zero-order chi connectivity index (χ0) is 20.1. The number of oxazole rings is 1. The quantitative estimate of drug-likeness (QED) is 0.674. The number of nitrogens with zero attached hydrogens (tertiary/aromatic N) is 2. The number of aryl methyl sites for hydroxylation is 2. The fraction of sp³-hybridized carbons (Fsp3) is 0.524. The molecule has 152 valence electrons. The van der Waals surface area contributed by atoms with Crippen LogP contribution in [-0.4, -0.2) is 48.3 Å². The van der Waals surface area contributed by atoms with Crippen LogP contribution in [0.3, 0.4) is 0 Å². The molecule has 1 aromatic heterocycles. The maximum Gasteiger partial charge on any atom is 0.223 e. The third-order valence-corrected chi connectivity index (χ3v) is 6.91. The molecular weight excluding hydrogens is 376 g/mol. The van der Waals surface area contributed by atoms with Gasteiger partial charge in [0.2, 0.25) is 5.91 Å². The molecule has 2 heterocycles. The molecule has 0 bridgehead atoms. The molecular formula is C21H28N2O4S. The SMILES string of the molecule is CCCCN(C(=O)CCc1ncc(-c2ccc(C)cc2)o1)C1CCS(=O)(=O)C1. The minimum Gasteiger partial charge on any atom is -0.441 e. The van der Waals surface area contributed by atoms with Crippen LogP contribution in [-0.2, 0) is 21.1 Å². The fourth-order valence-corrected chi connectivity index (χ4v) is 5.23. The monoisotopic (exact) mass is 404 g/mol. The summed E-state index contributed by atoms with van der Waals surface area (Å²) >= 11 is 0. The number of aromatic nitrogens is 1. The number of hydrogen-bond donors (Lipinski definition) is 0. The molecule has 0 radical (unpaired) electrons. The van der Waals surface area contributed by atoms with Gasteiger partial charge in [-0.15, -0.1) is 0 Å². The highest BCUT2D eigenvalue weighted by Crippen LogP contribution is 2.23. The summed E-state index contributed by atoms with van der Waals surface area (Å²) in [5, 5.41) is 0. The van der Waals surface area contributed by atoms with Gasteiger partial charge >= 0.3 is 0 Å². The van der Waals surface area contributed by atoms with Gasteiger partial charge in [0, 0.05) is 31.0 Å². The molecule has 1 fully saturated rings. The van der Waals surface area contributed by atoms with Crippen molar-refractivity contribution in [3.8, 4) is 11.3 Å². The first-order chi connectivity index (χ1) is 13.4. The third-order valence-electron chi connectivity index (χ3n) is 5.16. The maximum absolute atomic E-state index is 12.8. The Kier molecular flexibility index (Phi) is 6.54. The predicted molar refractivity (Wildman–Crippen MR) is 109 cm³/mol. The van der Waals surface area contributed by atoms with Gasteiger partial charge in [-0.2, -0.15) is 0 Å². The molecule has 0 N–H and O–H groups in total. The van der Waals surface area contributed by atoms with Crippen LogP contribution in [0.2, 0.25) is 0 Å². The molecule has 0 spiro atoms. The van der Waals surface area contributed by atoms with Gasteiger partial charge in [-0.05, 0) is 19.8 Å². The average molecular weight is 405 g/mol. The molecule has 1 aromatic carbocycles. The number of rotatable bonds is 8. The standard InChI is InChI=1S/C21H28N2O4S/c1-3-4-12-23(18-11-13-28(25,26)15-18)21(24)10-9-20-22-14-19(27-20)17-7-5-16(2)6-8-17/h5-8,14,18H,3-4,9-13,15H2,1-2H3. The van der Waals surface area contributed by atoms with Crippen LogP contribution in [0.4, 0.5) is 0 Å². The van der Waals surface area contributed by atoms with E-state index in [1.165, 1.54) is 5.56 Å². The number of hydrogen-bond acceptors (Lipinski definition) is 5. The molecule has 2 aromatic rings. The van der Waals surface area contributed by atoms with Crippen molar-refractivity contribution in [2.24, 2.45) is 0 Å².